The number of aromatic nitrogens is 1. The average Bonchev–Trinajstić information content (AvgIpc) is 2.38. The standard InChI is InChI=1S/C13H10Cl2N2O2/c14-10-2-1-3-11(15)12(10)17-7-9-5-4-8(6-16-9)13(18)19/h1-6,17H,7H2,(H,18,19). The molecule has 0 fully saturated rings. The molecule has 0 aliphatic heterocycles. The second kappa shape index (κ2) is 5.91. The molecule has 98 valence electrons. The summed E-state index contributed by atoms with van der Waals surface area (Å²) in [5.74, 6) is -0.999. The van der Waals surface area contributed by atoms with E-state index in [1.807, 2.05) is 0 Å². The molecule has 0 radical (unpaired) electrons. The van der Waals surface area contributed by atoms with Gasteiger partial charge in [-0.25, -0.2) is 4.79 Å². The number of hydrogen-bond donors (Lipinski definition) is 2. The highest BCUT2D eigenvalue weighted by atomic mass is 35.5. The number of anilines is 1. The lowest BCUT2D eigenvalue weighted by atomic mass is 10.2. The molecule has 2 rings (SSSR count). The number of carboxylic acids is 1. The fourth-order valence-electron chi connectivity index (χ4n) is 1.50. The van der Waals surface area contributed by atoms with Gasteiger partial charge in [0.25, 0.3) is 0 Å². The Balaban J connectivity index is 2.08. The van der Waals surface area contributed by atoms with E-state index < -0.39 is 5.97 Å². The number of para-hydroxylation sites is 1. The summed E-state index contributed by atoms with van der Waals surface area (Å²) in [7, 11) is 0. The minimum atomic E-state index is -0.999. The van der Waals surface area contributed by atoms with Crippen LogP contribution in [0.1, 0.15) is 16.1 Å². The molecule has 6 heteroatoms. The molecule has 0 aliphatic rings. The molecule has 0 saturated carbocycles. The molecule has 0 amide bonds. The molecule has 19 heavy (non-hydrogen) atoms. The van der Waals surface area contributed by atoms with E-state index >= 15 is 0 Å². The zero-order valence-electron chi connectivity index (χ0n) is 9.73. The summed E-state index contributed by atoms with van der Waals surface area (Å²) in [5, 5.41) is 12.9. The monoisotopic (exact) mass is 296 g/mol. The molecule has 4 nitrogen and oxygen atoms in total. The molecule has 2 N–H and O–H groups in total. The van der Waals surface area contributed by atoms with Gasteiger partial charge in [-0.15, -0.1) is 0 Å². The highest BCUT2D eigenvalue weighted by Crippen LogP contribution is 2.29. The van der Waals surface area contributed by atoms with E-state index in [0.717, 1.165) is 0 Å². The van der Waals surface area contributed by atoms with Gasteiger partial charge in [-0.3, -0.25) is 4.98 Å². The molecule has 0 unspecified atom stereocenters. The van der Waals surface area contributed by atoms with E-state index in [4.69, 9.17) is 28.3 Å². The zero-order valence-corrected chi connectivity index (χ0v) is 11.2. The van der Waals surface area contributed by atoms with E-state index in [9.17, 15) is 4.79 Å². The van der Waals surface area contributed by atoms with Gasteiger partial charge in [0.2, 0.25) is 0 Å². The van der Waals surface area contributed by atoms with E-state index in [2.05, 4.69) is 10.3 Å². The Labute approximate surface area is 120 Å². The first-order valence-electron chi connectivity index (χ1n) is 5.44. The number of halogens is 2. The second-order valence-electron chi connectivity index (χ2n) is 3.79. The SMILES string of the molecule is O=C(O)c1ccc(CNc2c(Cl)cccc2Cl)nc1. The predicted octanol–water partition coefficient (Wildman–Crippen LogP) is 3.70. The van der Waals surface area contributed by atoms with E-state index in [1.54, 1.807) is 24.3 Å². The second-order valence-corrected chi connectivity index (χ2v) is 4.61. The number of pyridine rings is 1. The van der Waals surface area contributed by atoms with Crippen molar-refractivity contribution in [2.24, 2.45) is 0 Å². The lowest BCUT2D eigenvalue weighted by Gasteiger charge is -2.09. The maximum absolute atomic E-state index is 10.7. The van der Waals surface area contributed by atoms with Crippen molar-refractivity contribution >= 4 is 34.9 Å². The number of benzene rings is 1. The Bertz CT molecular complexity index is 580. The normalized spacial score (nSPS) is 10.2. The Morgan fingerprint density at radius 1 is 1.21 bits per heavy atom. The molecule has 0 spiro atoms. The van der Waals surface area contributed by atoms with Crippen molar-refractivity contribution in [3.8, 4) is 0 Å². The van der Waals surface area contributed by atoms with Crippen LogP contribution in [0.15, 0.2) is 36.5 Å². The number of hydrogen-bond acceptors (Lipinski definition) is 3. The zero-order chi connectivity index (χ0) is 13.8. The summed E-state index contributed by atoms with van der Waals surface area (Å²) in [5.41, 5.74) is 1.48. The van der Waals surface area contributed by atoms with Crippen LogP contribution in [0.3, 0.4) is 0 Å². The third-order valence-corrected chi connectivity index (χ3v) is 3.11. The van der Waals surface area contributed by atoms with Crippen LogP contribution in [0, 0.1) is 0 Å². The topological polar surface area (TPSA) is 62.2 Å². The van der Waals surface area contributed by atoms with Crippen molar-refractivity contribution in [1.29, 1.82) is 0 Å². The first-order valence-corrected chi connectivity index (χ1v) is 6.19. The molecule has 0 bridgehead atoms. The highest BCUT2D eigenvalue weighted by molar-refractivity contribution is 6.39. The molecule has 0 atom stereocenters. The quantitative estimate of drug-likeness (QED) is 0.903. The van der Waals surface area contributed by atoms with E-state index in [0.29, 0.717) is 28.0 Å². The number of carboxylic acid groups (broad SMARTS) is 1. The maximum Gasteiger partial charge on any atom is 0.337 e. The van der Waals surface area contributed by atoms with Gasteiger partial charge in [0.1, 0.15) is 0 Å². The Hall–Kier alpha value is -1.78. The average molecular weight is 297 g/mol. The van der Waals surface area contributed by atoms with Gasteiger partial charge in [0, 0.05) is 6.20 Å². The van der Waals surface area contributed by atoms with Crippen LogP contribution in [0.5, 0.6) is 0 Å². The largest absolute Gasteiger partial charge is 0.478 e. The third-order valence-electron chi connectivity index (χ3n) is 2.48. The summed E-state index contributed by atoms with van der Waals surface area (Å²) in [6.07, 6.45) is 1.31. The van der Waals surface area contributed by atoms with Crippen LogP contribution in [-0.2, 0) is 6.54 Å². The maximum atomic E-state index is 10.7. The fourth-order valence-corrected chi connectivity index (χ4v) is 2.03. The number of carbonyl (C=O) groups is 1. The number of nitrogens with one attached hydrogen (secondary N) is 1. The predicted molar refractivity (Wildman–Crippen MR) is 75.0 cm³/mol. The summed E-state index contributed by atoms with van der Waals surface area (Å²) in [4.78, 5) is 14.7. The van der Waals surface area contributed by atoms with Gasteiger partial charge in [0.05, 0.1) is 33.5 Å². The van der Waals surface area contributed by atoms with Crippen molar-refractivity contribution in [3.05, 3.63) is 57.8 Å². The van der Waals surface area contributed by atoms with Crippen molar-refractivity contribution < 1.29 is 9.90 Å². The molecule has 1 heterocycles. The van der Waals surface area contributed by atoms with Crippen LogP contribution in [0.2, 0.25) is 10.0 Å². The van der Waals surface area contributed by atoms with Crippen LogP contribution in [0.4, 0.5) is 5.69 Å². The number of aromatic carboxylic acids is 1. The number of nitrogens with zero attached hydrogens (tertiary/aromatic N) is 1. The molecule has 1 aromatic carbocycles. The molecule has 2 aromatic rings. The Kier molecular flexibility index (Phi) is 4.24. The van der Waals surface area contributed by atoms with Gasteiger partial charge < -0.3 is 10.4 Å². The Morgan fingerprint density at radius 2 is 1.89 bits per heavy atom. The molecule has 0 aliphatic carbocycles. The van der Waals surface area contributed by atoms with Crippen molar-refractivity contribution in [2.45, 2.75) is 6.54 Å². The smallest absolute Gasteiger partial charge is 0.337 e. The third kappa shape index (κ3) is 3.36. The van der Waals surface area contributed by atoms with Crippen LogP contribution >= 0.6 is 23.2 Å². The van der Waals surface area contributed by atoms with Gasteiger partial charge in [-0.1, -0.05) is 29.3 Å². The van der Waals surface area contributed by atoms with Gasteiger partial charge in [-0.2, -0.15) is 0 Å². The summed E-state index contributed by atoms with van der Waals surface area (Å²) in [6, 6.07) is 8.37. The molecular formula is C13H10Cl2N2O2. The summed E-state index contributed by atoms with van der Waals surface area (Å²) < 4.78 is 0. The molecule has 0 saturated heterocycles. The lowest BCUT2D eigenvalue weighted by molar-refractivity contribution is 0.0696. The number of rotatable bonds is 4. The molecular weight excluding hydrogens is 287 g/mol. The van der Waals surface area contributed by atoms with Crippen LogP contribution in [0.25, 0.3) is 0 Å². The first kappa shape index (κ1) is 13.6. The van der Waals surface area contributed by atoms with Crippen molar-refractivity contribution in [2.75, 3.05) is 5.32 Å². The summed E-state index contributed by atoms with van der Waals surface area (Å²) >= 11 is 12.0. The first-order chi connectivity index (χ1) is 9.08. The van der Waals surface area contributed by atoms with Crippen LogP contribution < -0.4 is 5.32 Å². The van der Waals surface area contributed by atoms with Crippen molar-refractivity contribution in [1.82, 2.24) is 4.98 Å². The van der Waals surface area contributed by atoms with Gasteiger partial charge >= 0.3 is 5.97 Å². The highest BCUT2D eigenvalue weighted by Gasteiger charge is 2.06. The van der Waals surface area contributed by atoms with Gasteiger partial charge in [0.15, 0.2) is 0 Å². The minimum Gasteiger partial charge on any atom is -0.478 e. The Morgan fingerprint density at radius 3 is 2.42 bits per heavy atom. The van der Waals surface area contributed by atoms with Crippen molar-refractivity contribution in [3.63, 3.8) is 0 Å². The minimum absolute atomic E-state index is 0.152. The van der Waals surface area contributed by atoms with E-state index in [1.165, 1.54) is 12.3 Å². The molecule has 1 aromatic heterocycles. The fraction of sp³-hybridized carbons (Fsp3) is 0.0769. The summed E-state index contributed by atoms with van der Waals surface area (Å²) in [6.45, 7) is 0.406. The van der Waals surface area contributed by atoms with Gasteiger partial charge in [-0.05, 0) is 24.3 Å². The lowest BCUT2D eigenvalue weighted by Crippen LogP contribution is -2.04. The van der Waals surface area contributed by atoms with E-state index in [-0.39, 0.29) is 5.56 Å². The van der Waals surface area contributed by atoms with Crippen LogP contribution in [-0.4, -0.2) is 16.1 Å².